The molecule has 1 N–H and O–H groups in total. The minimum Gasteiger partial charge on any atom is -0.466 e. The molecule has 2 rings (SSSR count). The van der Waals surface area contributed by atoms with Crippen molar-refractivity contribution < 1.29 is 14.3 Å². The number of nitrogens with one attached hydrogen (secondary N) is 1. The summed E-state index contributed by atoms with van der Waals surface area (Å²) in [5.74, 6) is 0.548. The van der Waals surface area contributed by atoms with E-state index < -0.39 is 0 Å². The molecule has 0 aromatic rings. The summed E-state index contributed by atoms with van der Waals surface area (Å²) in [7, 11) is 1.35. The highest BCUT2D eigenvalue weighted by Gasteiger charge is 2.50. The molecule has 0 bridgehead atoms. The van der Waals surface area contributed by atoms with Crippen LogP contribution in [0.25, 0.3) is 0 Å². The maximum Gasteiger partial charge on any atom is 0.330 e. The first-order chi connectivity index (χ1) is 7.65. The van der Waals surface area contributed by atoms with Crippen molar-refractivity contribution in [3.05, 3.63) is 24.4 Å². The zero-order chi connectivity index (χ0) is 11.7. The molecule has 4 atom stereocenters. The summed E-state index contributed by atoms with van der Waals surface area (Å²) < 4.78 is 4.54. The summed E-state index contributed by atoms with van der Waals surface area (Å²) in [4.78, 5) is 22.5. The van der Waals surface area contributed by atoms with E-state index in [2.05, 4.69) is 10.1 Å². The molecule has 0 unspecified atom stereocenters. The Bertz CT molecular complexity index is 372. The van der Waals surface area contributed by atoms with Crippen molar-refractivity contribution in [2.45, 2.75) is 6.92 Å². The van der Waals surface area contributed by atoms with Gasteiger partial charge in [-0.1, -0.05) is 19.1 Å². The molecule has 0 spiro atoms. The van der Waals surface area contributed by atoms with Crippen LogP contribution in [-0.4, -0.2) is 19.0 Å². The number of fused-ring (bicyclic) bond motifs is 1. The highest BCUT2D eigenvalue weighted by molar-refractivity contribution is 5.84. The summed E-state index contributed by atoms with van der Waals surface area (Å²) in [6.45, 7) is 2.03. The maximum atomic E-state index is 11.5. The van der Waals surface area contributed by atoms with E-state index in [-0.39, 0.29) is 35.5 Å². The van der Waals surface area contributed by atoms with Crippen molar-refractivity contribution in [3.63, 3.8) is 0 Å². The van der Waals surface area contributed by atoms with E-state index >= 15 is 0 Å². The van der Waals surface area contributed by atoms with Crippen molar-refractivity contribution in [2.75, 3.05) is 7.11 Å². The van der Waals surface area contributed by atoms with E-state index in [0.29, 0.717) is 0 Å². The van der Waals surface area contributed by atoms with Crippen LogP contribution in [0, 0.1) is 23.7 Å². The molecule has 16 heavy (non-hydrogen) atoms. The Hall–Kier alpha value is -1.58. The smallest absolute Gasteiger partial charge is 0.330 e. The first kappa shape index (κ1) is 10.9. The van der Waals surface area contributed by atoms with Crippen LogP contribution in [-0.2, 0) is 14.3 Å². The molecule has 1 fully saturated rings. The normalized spacial score (nSPS) is 36.5. The van der Waals surface area contributed by atoms with Gasteiger partial charge >= 0.3 is 5.97 Å². The molecule has 0 saturated heterocycles. The average Bonchev–Trinajstić information content (AvgIpc) is 2.28. The minimum atomic E-state index is -0.347. The van der Waals surface area contributed by atoms with Crippen molar-refractivity contribution in [3.8, 4) is 0 Å². The Morgan fingerprint density at radius 3 is 3.00 bits per heavy atom. The van der Waals surface area contributed by atoms with Gasteiger partial charge in [-0.3, -0.25) is 4.79 Å². The van der Waals surface area contributed by atoms with Crippen LogP contribution in [0.15, 0.2) is 24.4 Å². The van der Waals surface area contributed by atoms with Crippen LogP contribution in [0.5, 0.6) is 0 Å². The van der Waals surface area contributed by atoms with Crippen molar-refractivity contribution in [1.29, 1.82) is 0 Å². The Morgan fingerprint density at radius 1 is 1.56 bits per heavy atom. The zero-order valence-corrected chi connectivity index (χ0v) is 9.34. The molecule has 1 aliphatic heterocycles. The van der Waals surface area contributed by atoms with Crippen LogP contribution in [0.3, 0.4) is 0 Å². The van der Waals surface area contributed by atoms with Crippen molar-refractivity contribution in [2.24, 2.45) is 23.7 Å². The van der Waals surface area contributed by atoms with E-state index in [4.69, 9.17) is 0 Å². The molecule has 4 nitrogen and oxygen atoms in total. The van der Waals surface area contributed by atoms with Gasteiger partial charge in [0.15, 0.2) is 0 Å². The SMILES string of the molecule is COC(=O)/C=C/[C@@H]1[C@@H](C)[C@@H]2C(=O)NC=C[C@H]12. The van der Waals surface area contributed by atoms with Crippen LogP contribution in [0.4, 0.5) is 0 Å². The molecular formula is C12H15NO3. The number of carbonyl (C=O) groups excluding carboxylic acids is 2. The van der Waals surface area contributed by atoms with Crippen LogP contribution in [0.1, 0.15) is 6.92 Å². The number of amides is 1. The first-order valence-corrected chi connectivity index (χ1v) is 5.38. The third kappa shape index (κ3) is 1.64. The zero-order valence-electron chi connectivity index (χ0n) is 9.34. The quantitative estimate of drug-likeness (QED) is 0.555. The lowest BCUT2D eigenvalue weighted by atomic mass is 9.56. The number of hydrogen-bond donors (Lipinski definition) is 1. The molecule has 1 heterocycles. The van der Waals surface area contributed by atoms with E-state index in [1.807, 2.05) is 19.1 Å². The number of methoxy groups -OCH3 is 1. The summed E-state index contributed by atoms with van der Waals surface area (Å²) in [6, 6.07) is 0. The van der Waals surface area contributed by atoms with Gasteiger partial charge in [0.05, 0.1) is 7.11 Å². The summed E-state index contributed by atoms with van der Waals surface area (Å²) in [6.07, 6.45) is 6.98. The summed E-state index contributed by atoms with van der Waals surface area (Å²) in [5, 5.41) is 2.71. The largest absolute Gasteiger partial charge is 0.466 e. The minimum absolute atomic E-state index is 0.0531. The fourth-order valence-corrected chi connectivity index (χ4v) is 2.59. The molecule has 1 aliphatic carbocycles. The number of allylic oxidation sites excluding steroid dienone is 2. The molecule has 0 aromatic carbocycles. The third-order valence-corrected chi connectivity index (χ3v) is 3.54. The predicted molar refractivity (Wildman–Crippen MR) is 58.1 cm³/mol. The van der Waals surface area contributed by atoms with Gasteiger partial charge in [-0.15, -0.1) is 0 Å². The molecule has 2 aliphatic rings. The highest BCUT2D eigenvalue weighted by atomic mass is 16.5. The number of hydrogen-bond acceptors (Lipinski definition) is 3. The van der Waals surface area contributed by atoms with Gasteiger partial charge in [0.1, 0.15) is 0 Å². The van der Waals surface area contributed by atoms with Gasteiger partial charge in [-0.25, -0.2) is 4.79 Å². The van der Waals surface area contributed by atoms with E-state index in [1.165, 1.54) is 13.2 Å². The monoisotopic (exact) mass is 221 g/mol. The highest BCUT2D eigenvalue weighted by Crippen LogP contribution is 2.48. The average molecular weight is 221 g/mol. The van der Waals surface area contributed by atoms with Gasteiger partial charge in [0, 0.05) is 18.2 Å². The topological polar surface area (TPSA) is 55.4 Å². The number of ether oxygens (including phenoxy) is 1. The van der Waals surface area contributed by atoms with Gasteiger partial charge in [0.25, 0.3) is 0 Å². The second-order valence-electron chi connectivity index (χ2n) is 4.29. The predicted octanol–water partition coefficient (Wildman–Crippen LogP) is 0.857. The standard InChI is InChI=1S/C12H15NO3/c1-7-8(3-4-10(14)16-2)9-5-6-13-12(15)11(7)9/h3-9,11H,1-2H3,(H,13,15)/b4-3+/t7-,8-,9-,11+/m1/s1. The Labute approximate surface area is 94.3 Å². The number of rotatable bonds is 2. The second-order valence-corrected chi connectivity index (χ2v) is 4.29. The van der Waals surface area contributed by atoms with Crippen molar-refractivity contribution in [1.82, 2.24) is 5.32 Å². The van der Waals surface area contributed by atoms with Crippen LogP contribution < -0.4 is 5.32 Å². The van der Waals surface area contributed by atoms with E-state index in [1.54, 1.807) is 6.20 Å². The molecule has 4 heteroatoms. The molecule has 1 amide bonds. The Morgan fingerprint density at radius 2 is 2.31 bits per heavy atom. The second kappa shape index (κ2) is 4.12. The Balaban J connectivity index is 2.06. The van der Waals surface area contributed by atoms with E-state index in [9.17, 15) is 9.59 Å². The lowest BCUT2D eigenvalue weighted by molar-refractivity contribution is -0.135. The van der Waals surface area contributed by atoms with E-state index in [0.717, 1.165) is 0 Å². The maximum absolute atomic E-state index is 11.5. The van der Waals surface area contributed by atoms with Gasteiger partial charge in [-0.2, -0.15) is 0 Å². The lowest BCUT2D eigenvalue weighted by Crippen LogP contribution is -2.53. The summed E-state index contributed by atoms with van der Waals surface area (Å²) >= 11 is 0. The number of esters is 1. The summed E-state index contributed by atoms with van der Waals surface area (Å²) in [5.41, 5.74) is 0. The first-order valence-electron chi connectivity index (χ1n) is 5.38. The molecule has 1 saturated carbocycles. The van der Waals surface area contributed by atoms with Gasteiger partial charge in [-0.05, 0) is 17.8 Å². The van der Waals surface area contributed by atoms with Crippen molar-refractivity contribution >= 4 is 11.9 Å². The van der Waals surface area contributed by atoms with Gasteiger partial charge < -0.3 is 10.1 Å². The number of carbonyl (C=O) groups is 2. The third-order valence-electron chi connectivity index (χ3n) is 3.54. The van der Waals surface area contributed by atoms with Gasteiger partial charge in [0.2, 0.25) is 5.91 Å². The molecule has 0 radical (unpaired) electrons. The molecule has 86 valence electrons. The lowest BCUT2D eigenvalue weighted by Gasteiger charge is -2.48. The fraction of sp³-hybridized carbons (Fsp3) is 0.500. The van der Waals surface area contributed by atoms with Crippen LogP contribution in [0.2, 0.25) is 0 Å². The molecule has 0 aromatic heterocycles. The van der Waals surface area contributed by atoms with Crippen LogP contribution >= 0.6 is 0 Å². The molecular weight excluding hydrogens is 206 g/mol. The fourth-order valence-electron chi connectivity index (χ4n) is 2.59. The Kier molecular flexibility index (Phi) is 2.81.